The van der Waals surface area contributed by atoms with Crippen molar-refractivity contribution in [2.45, 2.75) is 78.9 Å². The van der Waals surface area contributed by atoms with Gasteiger partial charge in [0.25, 0.3) is 5.91 Å². The molecule has 2 amide bonds. The van der Waals surface area contributed by atoms with Gasteiger partial charge in [-0.3, -0.25) is 4.79 Å². The summed E-state index contributed by atoms with van der Waals surface area (Å²) in [5, 5.41) is 2.59. The fraction of sp³-hybridized carbons (Fsp3) is 0.591. The first-order valence-corrected chi connectivity index (χ1v) is 9.85. The van der Waals surface area contributed by atoms with Crippen LogP contribution in [0.2, 0.25) is 0 Å². The van der Waals surface area contributed by atoms with Crippen LogP contribution in [0.3, 0.4) is 0 Å². The smallest absolute Gasteiger partial charge is 0.431 e. The third-order valence-electron chi connectivity index (χ3n) is 3.77. The summed E-state index contributed by atoms with van der Waals surface area (Å²) in [6, 6.07) is 7.31. The zero-order chi connectivity index (χ0) is 22.2. The number of hydrogen-bond acceptors (Lipinski definition) is 5. The maximum atomic E-state index is 12.1. The molecule has 0 bridgehead atoms. The molecule has 7 nitrogen and oxygen atoms in total. The van der Waals surface area contributed by atoms with E-state index >= 15 is 0 Å². The van der Waals surface area contributed by atoms with Gasteiger partial charge in [0.2, 0.25) is 0 Å². The Morgan fingerprint density at radius 1 is 1.00 bits per heavy atom. The van der Waals surface area contributed by atoms with Crippen LogP contribution in [0.15, 0.2) is 24.3 Å². The van der Waals surface area contributed by atoms with Gasteiger partial charge >= 0.3 is 12.1 Å². The van der Waals surface area contributed by atoms with Crippen molar-refractivity contribution in [2.24, 2.45) is 5.92 Å². The molecular formula is C22H34N2O5. The second-order valence-corrected chi connectivity index (χ2v) is 9.34. The predicted molar refractivity (Wildman–Crippen MR) is 111 cm³/mol. The van der Waals surface area contributed by atoms with Crippen LogP contribution in [-0.2, 0) is 20.8 Å². The lowest BCUT2D eigenvalue weighted by Gasteiger charge is -2.19. The standard InChI is InChI=1S/C22H34N2O5/c1-15(8-13-18(25)24-29-20(27)23-21(2,3)4)14-16-9-11-17(12-10-16)19(26)28-22(5,6)7/h9-12,15H,8,13-14H2,1-7H3,(H,23,27)(H,24,25). The van der Waals surface area contributed by atoms with Crippen molar-refractivity contribution in [3.63, 3.8) is 0 Å². The maximum absolute atomic E-state index is 12.1. The minimum absolute atomic E-state index is 0.247. The molecule has 1 atom stereocenters. The van der Waals surface area contributed by atoms with Crippen LogP contribution in [0.4, 0.5) is 4.79 Å². The molecule has 1 rings (SSSR count). The summed E-state index contributed by atoms with van der Waals surface area (Å²) in [6.07, 6.45) is 0.973. The fourth-order valence-electron chi connectivity index (χ4n) is 2.48. The summed E-state index contributed by atoms with van der Waals surface area (Å²) in [4.78, 5) is 40.1. The molecule has 0 aliphatic carbocycles. The summed E-state index contributed by atoms with van der Waals surface area (Å²) < 4.78 is 5.35. The molecule has 1 aromatic carbocycles. The number of rotatable bonds is 6. The molecule has 0 saturated carbocycles. The Labute approximate surface area is 173 Å². The summed E-state index contributed by atoms with van der Waals surface area (Å²) in [7, 11) is 0. The Balaban J connectivity index is 2.39. The predicted octanol–water partition coefficient (Wildman–Crippen LogP) is 4.16. The second-order valence-electron chi connectivity index (χ2n) is 9.34. The van der Waals surface area contributed by atoms with E-state index in [0.29, 0.717) is 12.0 Å². The first-order chi connectivity index (χ1) is 13.2. The number of nitrogens with one attached hydrogen (secondary N) is 2. The van der Waals surface area contributed by atoms with Crippen LogP contribution >= 0.6 is 0 Å². The molecule has 7 heteroatoms. The highest BCUT2D eigenvalue weighted by molar-refractivity contribution is 5.89. The fourth-order valence-corrected chi connectivity index (χ4v) is 2.48. The first-order valence-electron chi connectivity index (χ1n) is 9.85. The zero-order valence-corrected chi connectivity index (χ0v) is 18.5. The number of hydrogen-bond donors (Lipinski definition) is 2. The number of esters is 1. The molecule has 0 aliphatic heterocycles. The quantitative estimate of drug-likeness (QED) is 0.547. The Morgan fingerprint density at radius 2 is 1.59 bits per heavy atom. The Hall–Kier alpha value is -2.57. The van der Waals surface area contributed by atoms with Gasteiger partial charge in [0.15, 0.2) is 0 Å². The van der Waals surface area contributed by atoms with E-state index in [2.05, 4.69) is 10.8 Å². The Kier molecular flexibility index (Phi) is 8.67. The monoisotopic (exact) mass is 406 g/mol. The molecule has 29 heavy (non-hydrogen) atoms. The van der Waals surface area contributed by atoms with Crippen molar-refractivity contribution in [2.75, 3.05) is 0 Å². The number of amides is 2. The lowest BCUT2D eigenvalue weighted by atomic mass is 9.96. The van der Waals surface area contributed by atoms with Crippen molar-refractivity contribution >= 4 is 18.0 Å². The SMILES string of the molecule is CC(CCC(=O)NOC(=O)NC(C)(C)C)Cc1ccc(C(=O)OC(C)(C)C)cc1. The molecule has 0 radical (unpaired) electrons. The third-order valence-corrected chi connectivity index (χ3v) is 3.77. The summed E-state index contributed by atoms with van der Waals surface area (Å²) >= 11 is 0. The molecule has 0 heterocycles. The number of benzene rings is 1. The highest BCUT2D eigenvalue weighted by Crippen LogP contribution is 2.16. The number of carbonyl (C=O) groups excluding carboxylic acids is 3. The molecule has 0 fully saturated rings. The van der Waals surface area contributed by atoms with Gasteiger partial charge < -0.3 is 14.9 Å². The number of ether oxygens (including phenoxy) is 1. The first kappa shape index (κ1) is 24.5. The normalized spacial score (nSPS) is 12.7. The van der Waals surface area contributed by atoms with Crippen LogP contribution in [0.5, 0.6) is 0 Å². The van der Waals surface area contributed by atoms with Gasteiger partial charge in [0.05, 0.1) is 5.56 Å². The van der Waals surface area contributed by atoms with Crippen molar-refractivity contribution in [1.82, 2.24) is 10.8 Å². The molecule has 0 aromatic heterocycles. The lowest BCUT2D eigenvalue weighted by Crippen LogP contribution is -2.43. The summed E-state index contributed by atoms with van der Waals surface area (Å²) in [5.41, 5.74) is 2.79. The summed E-state index contributed by atoms with van der Waals surface area (Å²) in [5.74, 6) is -0.443. The Morgan fingerprint density at radius 3 is 2.10 bits per heavy atom. The average molecular weight is 407 g/mol. The third kappa shape index (κ3) is 11.1. The highest BCUT2D eigenvalue weighted by atomic mass is 16.7. The second kappa shape index (κ2) is 10.3. The summed E-state index contributed by atoms with van der Waals surface area (Å²) in [6.45, 7) is 13.0. The van der Waals surface area contributed by atoms with Crippen LogP contribution in [0, 0.1) is 5.92 Å². The van der Waals surface area contributed by atoms with E-state index in [1.54, 1.807) is 12.1 Å². The zero-order valence-electron chi connectivity index (χ0n) is 18.5. The van der Waals surface area contributed by atoms with Crippen molar-refractivity contribution < 1.29 is 24.0 Å². The van der Waals surface area contributed by atoms with Crippen LogP contribution in [-0.4, -0.2) is 29.1 Å². The van der Waals surface area contributed by atoms with Crippen molar-refractivity contribution in [3.8, 4) is 0 Å². The minimum Gasteiger partial charge on any atom is -0.456 e. The Bertz CT molecular complexity index is 699. The molecule has 162 valence electrons. The van der Waals surface area contributed by atoms with Gasteiger partial charge in [0, 0.05) is 12.0 Å². The highest BCUT2D eigenvalue weighted by Gasteiger charge is 2.18. The van der Waals surface area contributed by atoms with Crippen molar-refractivity contribution in [3.05, 3.63) is 35.4 Å². The topological polar surface area (TPSA) is 93.7 Å². The van der Waals surface area contributed by atoms with E-state index in [0.717, 1.165) is 12.0 Å². The van der Waals surface area contributed by atoms with E-state index < -0.39 is 17.2 Å². The van der Waals surface area contributed by atoms with Gasteiger partial charge in [-0.05, 0) is 78.0 Å². The molecule has 0 saturated heterocycles. The molecular weight excluding hydrogens is 372 g/mol. The van der Waals surface area contributed by atoms with Crippen LogP contribution in [0.25, 0.3) is 0 Å². The van der Waals surface area contributed by atoms with Gasteiger partial charge in [-0.15, -0.1) is 0 Å². The average Bonchev–Trinajstić information content (AvgIpc) is 2.55. The largest absolute Gasteiger partial charge is 0.456 e. The van der Waals surface area contributed by atoms with E-state index in [1.165, 1.54) is 0 Å². The van der Waals surface area contributed by atoms with Gasteiger partial charge in [-0.1, -0.05) is 19.1 Å². The van der Waals surface area contributed by atoms with Gasteiger partial charge in [0.1, 0.15) is 5.60 Å². The van der Waals surface area contributed by atoms with Gasteiger partial charge in [-0.25, -0.2) is 9.59 Å². The van der Waals surface area contributed by atoms with E-state index in [4.69, 9.17) is 9.57 Å². The molecule has 1 aromatic rings. The minimum atomic E-state index is -0.691. The van der Waals surface area contributed by atoms with Crippen LogP contribution in [0.1, 0.15) is 77.2 Å². The molecule has 1 unspecified atom stereocenters. The number of carbonyl (C=O) groups is 3. The van der Waals surface area contributed by atoms with E-state index in [-0.39, 0.29) is 24.2 Å². The van der Waals surface area contributed by atoms with E-state index in [9.17, 15) is 14.4 Å². The maximum Gasteiger partial charge on any atom is 0.431 e. The lowest BCUT2D eigenvalue weighted by molar-refractivity contribution is -0.129. The van der Waals surface area contributed by atoms with Crippen molar-refractivity contribution in [1.29, 1.82) is 0 Å². The number of hydroxylamine groups is 1. The molecule has 0 spiro atoms. The van der Waals surface area contributed by atoms with Gasteiger partial charge in [-0.2, -0.15) is 5.48 Å². The molecule has 0 aliphatic rings. The molecule has 2 N–H and O–H groups in total. The van der Waals surface area contributed by atoms with E-state index in [1.807, 2.05) is 60.6 Å². The van der Waals surface area contributed by atoms with Crippen LogP contribution < -0.4 is 10.8 Å².